The number of amidine groups is 1. The molecule has 3 rings (SSSR count). The molecule has 0 aliphatic carbocycles. The van der Waals surface area contributed by atoms with E-state index in [2.05, 4.69) is 10.3 Å². The standard InChI is InChI=1S/C16H20ClN3O3S/c1-11(2)14-18-15(21)16(19-14)6-8-20(9-7-16)24(22,23)13-5-3-4-12(17)10-13/h3-5,10-11H,6-9H2,1-2H3,(H,18,19,21). The van der Waals surface area contributed by atoms with Crippen LogP contribution in [0.3, 0.4) is 0 Å². The maximum Gasteiger partial charge on any atom is 0.253 e. The predicted octanol–water partition coefficient (Wildman–Crippen LogP) is 2.05. The van der Waals surface area contributed by atoms with Crippen LogP contribution >= 0.6 is 11.6 Å². The summed E-state index contributed by atoms with van der Waals surface area (Å²) in [7, 11) is -3.61. The first-order valence-electron chi connectivity index (χ1n) is 7.91. The van der Waals surface area contributed by atoms with Crippen LogP contribution in [0, 0.1) is 5.92 Å². The van der Waals surface area contributed by atoms with Gasteiger partial charge in [-0.25, -0.2) is 8.42 Å². The van der Waals surface area contributed by atoms with Crippen molar-refractivity contribution < 1.29 is 13.2 Å². The first-order valence-corrected chi connectivity index (χ1v) is 9.73. The quantitative estimate of drug-likeness (QED) is 0.885. The van der Waals surface area contributed by atoms with E-state index < -0.39 is 15.6 Å². The molecular formula is C16H20ClN3O3S. The summed E-state index contributed by atoms with van der Waals surface area (Å²) in [4.78, 5) is 17.1. The molecule has 8 heteroatoms. The monoisotopic (exact) mass is 369 g/mol. The van der Waals surface area contributed by atoms with Crippen LogP contribution in [0.5, 0.6) is 0 Å². The third-order valence-electron chi connectivity index (χ3n) is 4.53. The number of piperidine rings is 1. The zero-order valence-electron chi connectivity index (χ0n) is 13.6. The summed E-state index contributed by atoms with van der Waals surface area (Å²) in [6, 6.07) is 6.22. The minimum absolute atomic E-state index is 0.119. The van der Waals surface area contributed by atoms with Crippen molar-refractivity contribution in [1.82, 2.24) is 9.62 Å². The van der Waals surface area contributed by atoms with Crippen LogP contribution in [0.4, 0.5) is 0 Å². The van der Waals surface area contributed by atoms with Crippen molar-refractivity contribution in [1.29, 1.82) is 0 Å². The number of nitrogens with zero attached hydrogens (tertiary/aromatic N) is 2. The number of carbonyl (C=O) groups is 1. The second-order valence-corrected chi connectivity index (χ2v) is 8.87. The van der Waals surface area contributed by atoms with E-state index in [0.29, 0.717) is 23.7 Å². The summed E-state index contributed by atoms with van der Waals surface area (Å²) >= 11 is 5.90. The van der Waals surface area contributed by atoms with Gasteiger partial charge in [0, 0.05) is 24.0 Å². The fraction of sp³-hybridized carbons (Fsp3) is 0.500. The Hall–Kier alpha value is -1.44. The number of hydrogen-bond acceptors (Lipinski definition) is 4. The Balaban J connectivity index is 1.79. The highest BCUT2D eigenvalue weighted by Gasteiger charge is 2.47. The molecule has 0 radical (unpaired) electrons. The van der Waals surface area contributed by atoms with Crippen molar-refractivity contribution in [2.75, 3.05) is 13.1 Å². The van der Waals surface area contributed by atoms with Gasteiger partial charge < -0.3 is 5.32 Å². The van der Waals surface area contributed by atoms with Gasteiger partial charge >= 0.3 is 0 Å². The number of halogens is 1. The summed E-state index contributed by atoms with van der Waals surface area (Å²) < 4.78 is 26.9. The Morgan fingerprint density at radius 3 is 2.50 bits per heavy atom. The summed E-state index contributed by atoms with van der Waals surface area (Å²) in [6.45, 7) is 4.46. The second kappa shape index (κ2) is 6.13. The van der Waals surface area contributed by atoms with Gasteiger partial charge in [-0.1, -0.05) is 31.5 Å². The van der Waals surface area contributed by atoms with Crippen LogP contribution in [-0.2, 0) is 14.8 Å². The molecule has 0 unspecified atom stereocenters. The molecule has 2 heterocycles. The van der Waals surface area contributed by atoms with Crippen molar-refractivity contribution in [3.05, 3.63) is 29.3 Å². The molecule has 0 atom stereocenters. The van der Waals surface area contributed by atoms with Gasteiger partial charge in [0.2, 0.25) is 10.0 Å². The third kappa shape index (κ3) is 2.96. The number of hydrogen-bond donors (Lipinski definition) is 1. The van der Waals surface area contributed by atoms with Gasteiger partial charge in [-0.3, -0.25) is 9.79 Å². The van der Waals surface area contributed by atoms with Crippen LogP contribution < -0.4 is 5.32 Å². The number of benzene rings is 1. The molecule has 6 nitrogen and oxygen atoms in total. The van der Waals surface area contributed by atoms with Gasteiger partial charge in [-0.2, -0.15) is 4.31 Å². The number of rotatable bonds is 3. The number of amides is 1. The van der Waals surface area contributed by atoms with Crippen LogP contribution in [0.2, 0.25) is 5.02 Å². The molecule has 24 heavy (non-hydrogen) atoms. The topological polar surface area (TPSA) is 78.8 Å². The Bertz CT molecular complexity index is 797. The van der Waals surface area contributed by atoms with E-state index >= 15 is 0 Å². The van der Waals surface area contributed by atoms with E-state index in [1.165, 1.54) is 16.4 Å². The van der Waals surface area contributed by atoms with Crippen LogP contribution in [0.25, 0.3) is 0 Å². The van der Waals surface area contributed by atoms with Gasteiger partial charge in [0.05, 0.1) is 4.90 Å². The summed E-state index contributed by atoms with van der Waals surface area (Å²) in [6.07, 6.45) is 0.768. The largest absolute Gasteiger partial charge is 0.312 e. The lowest BCUT2D eigenvalue weighted by atomic mass is 9.89. The molecule has 0 saturated carbocycles. The lowest BCUT2D eigenvalue weighted by molar-refractivity contribution is -0.124. The molecule has 2 aliphatic heterocycles. The number of sulfonamides is 1. The number of carbonyl (C=O) groups excluding carboxylic acids is 1. The van der Waals surface area contributed by atoms with Crippen molar-refractivity contribution in [2.45, 2.75) is 37.1 Å². The second-order valence-electron chi connectivity index (χ2n) is 6.50. The van der Waals surface area contributed by atoms with Crippen molar-refractivity contribution in [2.24, 2.45) is 10.9 Å². The molecule has 1 spiro atoms. The number of aliphatic imine (C=N–C) groups is 1. The molecular weight excluding hydrogens is 350 g/mol. The average Bonchev–Trinajstić information content (AvgIpc) is 2.85. The smallest absolute Gasteiger partial charge is 0.253 e. The normalized spacial score (nSPS) is 21.2. The van der Waals surface area contributed by atoms with Gasteiger partial charge in [0.15, 0.2) is 0 Å². The zero-order chi connectivity index (χ0) is 17.5. The summed E-state index contributed by atoms with van der Waals surface area (Å²) in [5.41, 5.74) is -0.819. The fourth-order valence-electron chi connectivity index (χ4n) is 3.03. The van der Waals surface area contributed by atoms with Gasteiger partial charge in [-0.05, 0) is 31.0 Å². The molecule has 1 N–H and O–H groups in total. The SMILES string of the molecule is CC(C)C1=NC2(CCN(S(=O)(=O)c3cccc(Cl)c3)CC2)C(=O)N1. The maximum absolute atomic E-state index is 12.7. The van der Waals surface area contributed by atoms with Crippen LogP contribution in [0.15, 0.2) is 34.2 Å². The van der Waals surface area contributed by atoms with E-state index in [1.54, 1.807) is 12.1 Å². The molecule has 0 bridgehead atoms. The van der Waals surface area contributed by atoms with Crippen LogP contribution in [0.1, 0.15) is 26.7 Å². The van der Waals surface area contributed by atoms with E-state index in [4.69, 9.17) is 11.6 Å². The Morgan fingerprint density at radius 2 is 1.96 bits per heavy atom. The molecule has 0 aromatic heterocycles. The zero-order valence-corrected chi connectivity index (χ0v) is 15.2. The van der Waals surface area contributed by atoms with E-state index in [-0.39, 0.29) is 29.8 Å². The van der Waals surface area contributed by atoms with E-state index in [1.807, 2.05) is 13.8 Å². The molecule has 2 aliphatic rings. The molecule has 1 aromatic rings. The minimum atomic E-state index is -3.61. The minimum Gasteiger partial charge on any atom is -0.312 e. The Morgan fingerprint density at radius 1 is 1.29 bits per heavy atom. The summed E-state index contributed by atoms with van der Waals surface area (Å²) in [5, 5.41) is 3.21. The molecule has 1 saturated heterocycles. The summed E-state index contributed by atoms with van der Waals surface area (Å²) in [5.74, 6) is 0.707. The average molecular weight is 370 g/mol. The van der Waals surface area contributed by atoms with Crippen LogP contribution in [-0.4, -0.2) is 43.1 Å². The molecule has 1 amide bonds. The maximum atomic E-state index is 12.7. The number of nitrogens with one attached hydrogen (secondary N) is 1. The van der Waals surface area contributed by atoms with Gasteiger partial charge in [0.1, 0.15) is 11.4 Å². The molecule has 1 fully saturated rings. The Kier molecular flexibility index (Phi) is 4.44. The highest BCUT2D eigenvalue weighted by molar-refractivity contribution is 7.89. The Labute approximate surface area is 146 Å². The third-order valence-corrected chi connectivity index (χ3v) is 6.66. The van der Waals surface area contributed by atoms with Crippen molar-refractivity contribution in [3.63, 3.8) is 0 Å². The van der Waals surface area contributed by atoms with Gasteiger partial charge in [0.25, 0.3) is 5.91 Å². The molecule has 130 valence electrons. The van der Waals surface area contributed by atoms with E-state index in [0.717, 1.165) is 0 Å². The van der Waals surface area contributed by atoms with Crippen molar-refractivity contribution >= 4 is 33.4 Å². The van der Waals surface area contributed by atoms with Crippen molar-refractivity contribution in [3.8, 4) is 0 Å². The van der Waals surface area contributed by atoms with E-state index in [9.17, 15) is 13.2 Å². The fourth-order valence-corrected chi connectivity index (χ4v) is 4.77. The first kappa shape index (κ1) is 17.4. The highest BCUT2D eigenvalue weighted by atomic mass is 35.5. The highest BCUT2D eigenvalue weighted by Crippen LogP contribution is 2.33. The van der Waals surface area contributed by atoms with Gasteiger partial charge in [-0.15, -0.1) is 0 Å². The lowest BCUT2D eigenvalue weighted by Gasteiger charge is -2.34. The molecule has 1 aromatic carbocycles. The lowest BCUT2D eigenvalue weighted by Crippen LogP contribution is -2.50. The first-order chi connectivity index (χ1) is 11.2. The predicted molar refractivity (Wildman–Crippen MR) is 92.6 cm³/mol.